The molecule has 1 aliphatic carbocycles. The molecule has 0 radical (unpaired) electrons. The maximum Gasteiger partial charge on any atom is 0.119 e. The monoisotopic (exact) mass is 311 g/mol. The maximum atomic E-state index is 5.32. The minimum absolute atomic E-state index is 0.449. The summed E-state index contributed by atoms with van der Waals surface area (Å²) in [5, 5.41) is 3.57. The van der Waals surface area contributed by atoms with Crippen LogP contribution in [0.25, 0.3) is 0 Å². The van der Waals surface area contributed by atoms with Crippen LogP contribution in [-0.2, 0) is 6.42 Å². The zero-order chi connectivity index (χ0) is 13.2. The van der Waals surface area contributed by atoms with Crippen molar-refractivity contribution in [2.75, 3.05) is 13.7 Å². The number of hydrogen-bond acceptors (Lipinski definition) is 2. The molecule has 0 aliphatic heterocycles. The van der Waals surface area contributed by atoms with E-state index in [1.54, 1.807) is 7.11 Å². The molecule has 0 spiro atoms. The highest BCUT2D eigenvalue weighted by Crippen LogP contribution is 2.52. The summed E-state index contributed by atoms with van der Waals surface area (Å²) in [5.74, 6) is 0.945. The molecule has 0 saturated heterocycles. The number of halogens is 1. The van der Waals surface area contributed by atoms with E-state index in [0.29, 0.717) is 11.5 Å². The maximum absolute atomic E-state index is 5.32. The van der Waals surface area contributed by atoms with Gasteiger partial charge in [-0.2, -0.15) is 0 Å². The van der Waals surface area contributed by atoms with E-state index in [0.717, 1.165) is 18.7 Å². The quantitative estimate of drug-likeness (QED) is 0.863. The molecule has 0 amide bonds. The first-order chi connectivity index (χ1) is 8.61. The fraction of sp³-hybridized carbons (Fsp3) is 0.600. The molecule has 2 rings (SSSR count). The fourth-order valence-corrected chi connectivity index (χ4v) is 3.03. The minimum Gasteiger partial charge on any atom is -0.497 e. The smallest absolute Gasteiger partial charge is 0.119 e. The summed E-state index contributed by atoms with van der Waals surface area (Å²) >= 11 is 3.65. The second kappa shape index (κ2) is 5.62. The van der Waals surface area contributed by atoms with Crippen molar-refractivity contribution in [2.45, 2.75) is 39.2 Å². The molecule has 100 valence electrons. The summed E-state index contributed by atoms with van der Waals surface area (Å²) in [6.07, 6.45) is 3.77. The molecule has 1 atom stereocenters. The Kier molecular flexibility index (Phi) is 4.33. The van der Waals surface area contributed by atoms with Gasteiger partial charge in [-0.25, -0.2) is 0 Å². The molecule has 1 fully saturated rings. The largest absolute Gasteiger partial charge is 0.497 e. The summed E-state index contributed by atoms with van der Waals surface area (Å²) < 4.78 is 6.51. The summed E-state index contributed by atoms with van der Waals surface area (Å²) in [5.41, 5.74) is 1.81. The molecular weight excluding hydrogens is 290 g/mol. The van der Waals surface area contributed by atoms with Gasteiger partial charge in [0.25, 0.3) is 0 Å². The SMILES string of the molecule is CCNC(C)C1(Cc2cc(OC)ccc2Br)CC1. The van der Waals surface area contributed by atoms with Crippen LogP contribution in [0.3, 0.4) is 0 Å². The van der Waals surface area contributed by atoms with Gasteiger partial charge in [0.2, 0.25) is 0 Å². The second-order valence-corrected chi connectivity index (χ2v) is 6.13. The average molecular weight is 312 g/mol. The molecule has 0 aromatic heterocycles. The number of rotatable bonds is 6. The molecule has 1 aromatic rings. The van der Waals surface area contributed by atoms with Crippen LogP contribution in [0.15, 0.2) is 22.7 Å². The van der Waals surface area contributed by atoms with Crippen LogP contribution in [-0.4, -0.2) is 19.7 Å². The average Bonchev–Trinajstić information content (AvgIpc) is 3.13. The number of methoxy groups -OCH3 is 1. The van der Waals surface area contributed by atoms with Gasteiger partial charge in [-0.3, -0.25) is 0 Å². The van der Waals surface area contributed by atoms with Gasteiger partial charge in [-0.05, 0) is 61.9 Å². The summed E-state index contributed by atoms with van der Waals surface area (Å²) in [4.78, 5) is 0. The normalized spacial score (nSPS) is 18.4. The summed E-state index contributed by atoms with van der Waals surface area (Å²) in [6, 6.07) is 6.83. The summed E-state index contributed by atoms with van der Waals surface area (Å²) in [7, 11) is 1.72. The van der Waals surface area contributed by atoms with E-state index in [2.05, 4.69) is 47.2 Å². The Bertz CT molecular complexity index is 415. The highest BCUT2D eigenvalue weighted by Gasteiger charge is 2.47. The molecule has 2 nitrogen and oxygen atoms in total. The van der Waals surface area contributed by atoms with E-state index in [-0.39, 0.29) is 0 Å². The lowest BCUT2D eigenvalue weighted by Gasteiger charge is -2.25. The van der Waals surface area contributed by atoms with Crippen LogP contribution >= 0.6 is 15.9 Å². The van der Waals surface area contributed by atoms with Gasteiger partial charge >= 0.3 is 0 Å². The van der Waals surface area contributed by atoms with Crippen LogP contribution in [0.5, 0.6) is 5.75 Å². The fourth-order valence-electron chi connectivity index (χ4n) is 2.64. The minimum atomic E-state index is 0.449. The molecule has 1 unspecified atom stereocenters. The van der Waals surface area contributed by atoms with Gasteiger partial charge in [0.1, 0.15) is 5.75 Å². The van der Waals surface area contributed by atoms with E-state index >= 15 is 0 Å². The van der Waals surface area contributed by atoms with Gasteiger partial charge in [-0.1, -0.05) is 22.9 Å². The third-order valence-corrected chi connectivity index (χ3v) is 4.89. The van der Waals surface area contributed by atoms with Crippen molar-refractivity contribution in [1.29, 1.82) is 0 Å². The number of hydrogen-bond donors (Lipinski definition) is 1. The first-order valence-electron chi connectivity index (χ1n) is 6.67. The predicted molar refractivity (Wildman–Crippen MR) is 79.2 cm³/mol. The highest BCUT2D eigenvalue weighted by atomic mass is 79.9. The predicted octanol–water partition coefficient (Wildman–Crippen LogP) is 3.78. The standard InChI is InChI=1S/C15H22BrNO/c1-4-17-11(2)15(7-8-15)10-12-9-13(18-3)5-6-14(12)16/h5-6,9,11,17H,4,7-8,10H2,1-3H3. The van der Waals surface area contributed by atoms with Gasteiger partial charge in [-0.15, -0.1) is 0 Å². The molecule has 1 aromatic carbocycles. The van der Waals surface area contributed by atoms with E-state index < -0.39 is 0 Å². The van der Waals surface area contributed by atoms with Crippen LogP contribution in [0.4, 0.5) is 0 Å². The van der Waals surface area contributed by atoms with Gasteiger partial charge in [0.05, 0.1) is 7.11 Å². The molecule has 1 aliphatic rings. The molecular formula is C15H22BrNO. The Balaban J connectivity index is 2.13. The molecule has 0 heterocycles. The van der Waals surface area contributed by atoms with Crippen molar-refractivity contribution in [1.82, 2.24) is 5.32 Å². The molecule has 3 heteroatoms. The van der Waals surface area contributed by atoms with Crippen molar-refractivity contribution in [3.63, 3.8) is 0 Å². The Hall–Kier alpha value is -0.540. The lowest BCUT2D eigenvalue weighted by atomic mass is 9.89. The zero-order valence-electron chi connectivity index (χ0n) is 11.4. The van der Waals surface area contributed by atoms with Gasteiger partial charge in [0.15, 0.2) is 0 Å². The van der Waals surface area contributed by atoms with E-state index in [4.69, 9.17) is 4.74 Å². The number of benzene rings is 1. The lowest BCUT2D eigenvalue weighted by molar-refractivity contribution is 0.354. The van der Waals surface area contributed by atoms with Crippen LogP contribution in [0, 0.1) is 5.41 Å². The first kappa shape index (κ1) is 13.9. The third-order valence-electron chi connectivity index (χ3n) is 4.12. The highest BCUT2D eigenvalue weighted by molar-refractivity contribution is 9.10. The Labute approximate surface area is 118 Å². The number of nitrogens with one attached hydrogen (secondary N) is 1. The van der Waals surface area contributed by atoms with Gasteiger partial charge in [0, 0.05) is 10.5 Å². The van der Waals surface area contributed by atoms with Crippen LogP contribution in [0.2, 0.25) is 0 Å². The van der Waals surface area contributed by atoms with E-state index in [1.807, 2.05) is 6.07 Å². The number of ether oxygens (including phenoxy) is 1. The Morgan fingerprint density at radius 2 is 2.17 bits per heavy atom. The van der Waals surface area contributed by atoms with Crippen molar-refractivity contribution in [3.05, 3.63) is 28.2 Å². The lowest BCUT2D eigenvalue weighted by Crippen LogP contribution is -2.36. The topological polar surface area (TPSA) is 21.3 Å². The van der Waals surface area contributed by atoms with Crippen LogP contribution in [0.1, 0.15) is 32.3 Å². The first-order valence-corrected chi connectivity index (χ1v) is 7.46. The Morgan fingerprint density at radius 1 is 1.44 bits per heavy atom. The van der Waals surface area contributed by atoms with Gasteiger partial charge < -0.3 is 10.1 Å². The van der Waals surface area contributed by atoms with E-state index in [9.17, 15) is 0 Å². The second-order valence-electron chi connectivity index (χ2n) is 5.28. The van der Waals surface area contributed by atoms with Crippen molar-refractivity contribution >= 4 is 15.9 Å². The summed E-state index contributed by atoms with van der Waals surface area (Å²) in [6.45, 7) is 5.53. The zero-order valence-corrected chi connectivity index (χ0v) is 13.0. The van der Waals surface area contributed by atoms with E-state index in [1.165, 1.54) is 22.9 Å². The molecule has 1 saturated carbocycles. The van der Waals surface area contributed by atoms with Crippen molar-refractivity contribution in [3.8, 4) is 5.75 Å². The van der Waals surface area contributed by atoms with Crippen molar-refractivity contribution in [2.24, 2.45) is 5.41 Å². The molecule has 0 bridgehead atoms. The Morgan fingerprint density at radius 3 is 2.72 bits per heavy atom. The molecule has 18 heavy (non-hydrogen) atoms. The van der Waals surface area contributed by atoms with Crippen LogP contribution < -0.4 is 10.1 Å². The molecule has 1 N–H and O–H groups in total. The van der Waals surface area contributed by atoms with Crippen molar-refractivity contribution < 1.29 is 4.74 Å². The third kappa shape index (κ3) is 2.89.